The molecule has 0 saturated carbocycles. The monoisotopic (exact) mass is 318 g/mol. The quantitative estimate of drug-likeness (QED) is 0.725. The van der Waals surface area contributed by atoms with Gasteiger partial charge in [0.05, 0.1) is 6.54 Å². The fourth-order valence-corrected chi connectivity index (χ4v) is 3.24. The molecule has 23 heavy (non-hydrogen) atoms. The largest absolute Gasteiger partial charge is 0.342 e. The molecule has 0 unspecified atom stereocenters. The van der Waals surface area contributed by atoms with Gasteiger partial charge in [-0.05, 0) is 70.8 Å². The fraction of sp³-hybridized carbons (Fsp3) is 0.579. The van der Waals surface area contributed by atoms with Gasteiger partial charge in [-0.25, -0.2) is 0 Å². The normalized spacial score (nSPS) is 11.0. The molecule has 0 saturated heterocycles. The number of likely N-dealkylation sites (N-methyl/N-ethyl adjacent to an activating group) is 2. The van der Waals surface area contributed by atoms with E-state index in [0.717, 1.165) is 35.3 Å². The first kappa shape index (κ1) is 19.4. The zero-order valence-corrected chi connectivity index (χ0v) is 15.6. The van der Waals surface area contributed by atoms with Crippen molar-refractivity contribution >= 4 is 11.7 Å². The first-order valence-electron chi connectivity index (χ1n) is 8.29. The summed E-state index contributed by atoms with van der Waals surface area (Å²) in [7, 11) is 1.95. The Morgan fingerprint density at radius 3 is 2.09 bits per heavy atom. The Morgan fingerprint density at radius 1 is 1.04 bits per heavy atom. The van der Waals surface area contributed by atoms with Gasteiger partial charge in [0.2, 0.25) is 5.91 Å². The maximum atomic E-state index is 12.2. The highest BCUT2D eigenvalue weighted by atomic mass is 16.2. The summed E-state index contributed by atoms with van der Waals surface area (Å²) < 4.78 is 0. The number of aryl methyl sites for hydroxylation is 2. The molecule has 4 heteroatoms. The van der Waals surface area contributed by atoms with Crippen LogP contribution in [0.1, 0.15) is 53.4 Å². The van der Waals surface area contributed by atoms with Gasteiger partial charge >= 0.3 is 0 Å². The first-order chi connectivity index (χ1) is 10.7. The van der Waals surface area contributed by atoms with Crippen LogP contribution < -0.4 is 0 Å². The molecule has 1 aromatic rings. The van der Waals surface area contributed by atoms with Gasteiger partial charge < -0.3 is 4.90 Å². The van der Waals surface area contributed by atoms with Gasteiger partial charge in [-0.2, -0.15) is 0 Å². The summed E-state index contributed by atoms with van der Waals surface area (Å²) >= 11 is 0. The van der Waals surface area contributed by atoms with Gasteiger partial charge in [-0.15, -0.1) is 0 Å². The van der Waals surface area contributed by atoms with Crippen LogP contribution >= 0.6 is 0 Å². The molecular formula is C19H30N2O2. The highest BCUT2D eigenvalue weighted by Crippen LogP contribution is 2.24. The van der Waals surface area contributed by atoms with E-state index in [1.165, 1.54) is 5.56 Å². The van der Waals surface area contributed by atoms with Crippen LogP contribution in [-0.4, -0.2) is 48.2 Å². The van der Waals surface area contributed by atoms with Crippen molar-refractivity contribution in [1.82, 2.24) is 9.80 Å². The zero-order valence-electron chi connectivity index (χ0n) is 15.6. The molecule has 0 spiro atoms. The molecule has 1 aromatic carbocycles. The number of hydrogen-bond acceptors (Lipinski definition) is 3. The highest BCUT2D eigenvalue weighted by molar-refractivity contribution is 5.97. The van der Waals surface area contributed by atoms with Crippen molar-refractivity contribution in [3.05, 3.63) is 33.9 Å². The Morgan fingerprint density at radius 2 is 1.61 bits per heavy atom. The van der Waals surface area contributed by atoms with Crippen LogP contribution in [0.25, 0.3) is 0 Å². The van der Waals surface area contributed by atoms with Gasteiger partial charge in [0.1, 0.15) is 0 Å². The van der Waals surface area contributed by atoms with E-state index < -0.39 is 0 Å². The van der Waals surface area contributed by atoms with Gasteiger partial charge in [0.25, 0.3) is 0 Å². The SMILES string of the molecule is CCN(CC)C(=O)CN(C)Cc1c(C)cc(C)c(C(C)=O)c1C. The lowest BCUT2D eigenvalue weighted by Crippen LogP contribution is -2.38. The van der Waals surface area contributed by atoms with Crippen LogP contribution in [0, 0.1) is 20.8 Å². The van der Waals surface area contributed by atoms with Gasteiger partial charge in [0, 0.05) is 25.2 Å². The van der Waals surface area contributed by atoms with Crippen LogP contribution in [0.4, 0.5) is 0 Å². The smallest absolute Gasteiger partial charge is 0.236 e. The summed E-state index contributed by atoms with van der Waals surface area (Å²) in [5, 5.41) is 0. The zero-order chi connectivity index (χ0) is 17.7. The molecule has 0 fully saturated rings. The third kappa shape index (κ3) is 4.64. The summed E-state index contributed by atoms with van der Waals surface area (Å²) in [5.74, 6) is 0.245. The third-order valence-electron chi connectivity index (χ3n) is 4.43. The molecule has 0 aliphatic carbocycles. The Kier molecular flexibility index (Phi) is 6.95. The molecule has 0 N–H and O–H groups in total. The number of Topliss-reactive ketones (excluding diaryl/α,β-unsaturated/α-hetero) is 1. The summed E-state index contributed by atoms with van der Waals surface area (Å²) in [6, 6.07) is 2.07. The molecule has 0 aliphatic rings. The third-order valence-corrected chi connectivity index (χ3v) is 4.43. The van der Waals surface area contributed by atoms with E-state index in [-0.39, 0.29) is 11.7 Å². The van der Waals surface area contributed by atoms with Crippen LogP contribution in [0.15, 0.2) is 6.07 Å². The highest BCUT2D eigenvalue weighted by Gasteiger charge is 2.17. The minimum Gasteiger partial charge on any atom is -0.342 e. The number of carbonyl (C=O) groups excluding carboxylic acids is 2. The summed E-state index contributed by atoms with van der Waals surface area (Å²) in [4.78, 5) is 28.0. The lowest BCUT2D eigenvalue weighted by Gasteiger charge is -2.25. The van der Waals surface area contributed by atoms with Crippen LogP contribution in [-0.2, 0) is 11.3 Å². The van der Waals surface area contributed by atoms with E-state index in [1.807, 2.05) is 44.5 Å². The van der Waals surface area contributed by atoms with Crippen molar-refractivity contribution in [3.8, 4) is 0 Å². The minimum absolute atomic E-state index is 0.100. The van der Waals surface area contributed by atoms with Crippen LogP contribution in [0.5, 0.6) is 0 Å². The van der Waals surface area contributed by atoms with Crippen molar-refractivity contribution in [3.63, 3.8) is 0 Å². The number of ketones is 1. The van der Waals surface area contributed by atoms with Crippen molar-refractivity contribution < 1.29 is 9.59 Å². The first-order valence-corrected chi connectivity index (χ1v) is 8.29. The molecule has 0 radical (unpaired) electrons. The lowest BCUT2D eigenvalue weighted by molar-refractivity contribution is -0.131. The molecule has 4 nitrogen and oxygen atoms in total. The van der Waals surface area contributed by atoms with E-state index in [2.05, 4.69) is 13.0 Å². The Labute approximate surface area is 140 Å². The summed E-state index contributed by atoms with van der Waals surface area (Å²) in [5.41, 5.74) is 5.20. The van der Waals surface area contributed by atoms with E-state index >= 15 is 0 Å². The van der Waals surface area contributed by atoms with Gasteiger partial charge in [-0.3, -0.25) is 14.5 Å². The molecule has 0 heterocycles. The number of nitrogens with zero attached hydrogens (tertiary/aromatic N) is 2. The average molecular weight is 318 g/mol. The molecule has 1 rings (SSSR count). The van der Waals surface area contributed by atoms with Crippen molar-refractivity contribution in [1.29, 1.82) is 0 Å². The van der Waals surface area contributed by atoms with Crippen LogP contribution in [0.2, 0.25) is 0 Å². The summed E-state index contributed by atoms with van der Waals surface area (Å²) in [6.07, 6.45) is 0. The maximum absolute atomic E-state index is 12.2. The van der Waals surface area contributed by atoms with E-state index in [1.54, 1.807) is 6.92 Å². The van der Waals surface area contributed by atoms with E-state index in [4.69, 9.17) is 0 Å². The predicted octanol–water partition coefficient (Wildman–Crippen LogP) is 3.11. The molecule has 0 atom stereocenters. The molecule has 1 amide bonds. The maximum Gasteiger partial charge on any atom is 0.236 e. The Bertz CT molecular complexity index is 590. The summed E-state index contributed by atoms with van der Waals surface area (Å²) in [6.45, 7) is 14.2. The molecule has 0 aliphatic heterocycles. The average Bonchev–Trinajstić information content (AvgIpc) is 2.44. The number of carbonyl (C=O) groups is 2. The standard InChI is InChI=1S/C19H30N2O2/c1-8-21(9-2)18(23)12-20(7)11-17-13(3)10-14(4)19(15(17)5)16(6)22/h10H,8-9,11-12H2,1-7H3. The molecule has 128 valence electrons. The Balaban J connectivity index is 2.99. The number of hydrogen-bond donors (Lipinski definition) is 0. The molecular weight excluding hydrogens is 288 g/mol. The predicted molar refractivity (Wildman–Crippen MR) is 94.9 cm³/mol. The second kappa shape index (κ2) is 8.25. The van der Waals surface area contributed by atoms with Crippen LogP contribution in [0.3, 0.4) is 0 Å². The van der Waals surface area contributed by atoms with Gasteiger partial charge in [0.15, 0.2) is 5.78 Å². The number of amides is 1. The number of rotatable bonds is 7. The Hall–Kier alpha value is -1.68. The minimum atomic E-state index is 0.100. The topological polar surface area (TPSA) is 40.6 Å². The van der Waals surface area contributed by atoms with Gasteiger partial charge in [-0.1, -0.05) is 6.07 Å². The second-order valence-electron chi connectivity index (χ2n) is 6.28. The molecule has 0 bridgehead atoms. The molecule has 0 aromatic heterocycles. The second-order valence-corrected chi connectivity index (χ2v) is 6.28. The van der Waals surface area contributed by atoms with Crippen molar-refractivity contribution in [2.75, 3.05) is 26.7 Å². The number of benzene rings is 1. The lowest BCUT2D eigenvalue weighted by atomic mass is 9.91. The van der Waals surface area contributed by atoms with Crippen molar-refractivity contribution in [2.45, 2.75) is 48.1 Å². The van der Waals surface area contributed by atoms with E-state index in [0.29, 0.717) is 13.1 Å². The fourth-order valence-electron chi connectivity index (χ4n) is 3.24. The van der Waals surface area contributed by atoms with E-state index in [9.17, 15) is 9.59 Å². The van der Waals surface area contributed by atoms with Crippen molar-refractivity contribution in [2.24, 2.45) is 0 Å².